The lowest BCUT2D eigenvalue weighted by atomic mass is 9.63. The molecule has 2 aliphatic rings. The Kier molecular flexibility index (Phi) is 5.85. The summed E-state index contributed by atoms with van der Waals surface area (Å²) in [5.41, 5.74) is 5.41. The first-order valence-corrected chi connectivity index (χ1v) is 11.6. The van der Waals surface area contributed by atoms with Crippen molar-refractivity contribution in [3.05, 3.63) is 125 Å². The number of fused-ring (bicyclic) bond motifs is 1. The van der Waals surface area contributed by atoms with E-state index >= 15 is 0 Å². The Balaban J connectivity index is 1.46. The van der Waals surface area contributed by atoms with Gasteiger partial charge in [0.05, 0.1) is 0 Å². The van der Waals surface area contributed by atoms with Crippen molar-refractivity contribution in [3.63, 3.8) is 0 Å². The third-order valence-electron chi connectivity index (χ3n) is 7.05. The Morgan fingerprint density at radius 3 is 2.44 bits per heavy atom. The summed E-state index contributed by atoms with van der Waals surface area (Å²) in [5.74, 6) is 2.80. The monoisotopic (exact) mass is 422 g/mol. The maximum atomic E-state index is 10.0. The van der Waals surface area contributed by atoms with Gasteiger partial charge in [-0.3, -0.25) is 0 Å². The van der Waals surface area contributed by atoms with Gasteiger partial charge in [0.2, 0.25) is 0 Å². The van der Waals surface area contributed by atoms with Crippen LogP contribution in [0.25, 0.3) is 0 Å². The van der Waals surface area contributed by atoms with Crippen LogP contribution in [-0.2, 0) is 13.0 Å². The van der Waals surface area contributed by atoms with Gasteiger partial charge >= 0.3 is 0 Å². The number of benzene rings is 3. The Morgan fingerprint density at radius 1 is 0.938 bits per heavy atom. The van der Waals surface area contributed by atoms with Crippen molar-refractivity contribution in [1.29, 1.82) is 0 Å². The summed E-state index contributed by atoms with van der Waals surface area (Å²) in [6, 6.07) is 27.9. The van der Waals surface area contributed by atoms with E-state index in [4.69, 9.17) is 4.74 Å². The van der Waals surface area contributed by atoms with Gasteiger partial charge in [0.15, 0.2) is 0 Å². The van der Waals surface area contributed by atoms with Crippen LogP contribution in [0.1, 0.15) is 47.4 Å². The van der Waals surface area contributed by atoms with Crippen LogP contribution in [-0.4, -0.2) is 5.11 Å². The summed E-state index contributed by atoms with van der Waals surface area (Å²) < 4.78 is 6.13. The minimum Gasteiger partial charge on any atom is -0.508 e. The van der Waals surface area contributed by atoms with Crippen molar-refractivity contribution < 1.29 is 9.84 Å². The minimum absolute atomic E-state index is 0.288. The molecule has 2 nitrogen and oxygen atoms in total. The molecule has 0 fully saturated rings. The predicted molar refractivity (Wildman–Crippen MR) is 130 cm³/mol. The molecule has 0 aromatic heterocycles. The Labute approximate surface area is 190 Å². The molecule has 162 valence electrons. The van der Waals surface area contributed by atoms with E-state index in [1.807, 2.05) is 30.4 Å². The van der Waals surface area contributed by atoms with Crippen molar-refractivity contribution in [2.24, 2.45) is 11.8 Å². The maximum absolute atomic E-state index is 10.0. The van der Waals surface area contributed by atoms with Gasteiger partial charge in [0.1, 0.15) is 18.1 Å². The van der Waals surface area contributed by atoms with Crippen LogP contribution in [0.5, 0.6) is 5.75 Å². The van der Waals surface area contributed by atoms with E-state index in [2.05, 4.69) is 73.7 Å². The molecule has 0 aliphatic heterocycles. The van der Waals surface area contributed by atoms with Crippen LogP contribution in [0.15, 0.2) is 103 Å². The molecule has 0 heterocycles. The molecular formula is C30H30O2. The van der Waals surface area contributed by atoms with Crippen molar-refractivity contribution in [2.75, 3.05) is 0 Å². The lowest BCUT2D eigenvalue weighted by molar-refractivity contribution is 0.302. The number of aliphatic hydroxyl groups excluding tert-OH is 1. The molecule has 0 spiro atoms. The summed E-state index contributed by atoms with van der Waals surface area (Å²) in [4.78, 5) is 0. The highest BCUT2D eigenvalue weighted by Crippen LogP contribution is 2.50. The average molecular weight is 423 g/mol. The molecule has 3 aromatic rings. The first-order valence-electron chi connectivity index (χ1n) is 11.6. The van der Waals surface area contributed by atoms with Crippen LogP contribution < -0.4 is 4.74 Å². The van der Waals surface area contributed by atoms with E-state index in [1.165, 1.54) is 22.3 Å². The zero-order chi connectivity index (χ0) is 21.9. The fraction of sp³-hybridized carbons (Fsp3) is 0.267. The van der Waals surface area contributed by atoms with E-state index in [0.717, 1.165) is 18.6 Å². The molecule has 0 saturated heterocycles. The van der Waals surface area contributed by atoms with Gasteiger partial charge in [0, 0.05) is 0 Å². The van der Waals surface area contributed by atoms with Gasteiger partial charge in [-0.15, -0.1) is 0 Å². The standard InChI is InChI=1S/C30H30O2/c1-21-18-25(31)13-16-27(21)30-28(23-10-6-3-7-11-23)15-12-24-19-26(14-17-29(24)30)32-20-22-8-4-2-5-9-22/h2-11,13-14,16-19,21,27-28,30-31H,12,15,20H2,1H3/t21?,27?,28?,30-/m0/s1. The Hall–Kier alpha value is -3.26. The van der Waals surface area contributed by atoms with Crippen molar-refractivity contribution >= 4 is 0 Å². The molecule has 3 aromatic carbocycles. The second-order valence-corrected chi connectivity index (χ2v) is 9.10. The number of aliphatic hydroxyl groups is 1. The maximum Gasteiger partial charge on any atom is 0.120 e. The third kappa shape index (κ3) is 4.23. The van der Waals surface area contributed by atoms with Gasteiger partial charge in [-0.2, -0.15) is 0 Å². The quantitative estimate of drug-likeness (QED) is 0.466. The van der Waals surface area contributed by atoms with Crippen LogP contribution in [0.3, 0.4) is 0 Å². The molecule has 0 radical (unpaired) electrons. The summed E-state index contributed by atoms with van der Waals surface area (Å²) in [7, 11) is 0. The first-order chi connectivity index (χ1) is 15.7. The van der Waals surface area contributed by atoms with Crippen LogP contribution in [0.2, 0.25) is 0 Å². The highest BCUT2D eigenvalue weighted by Gasteiger charge is 2.38. The molecular weight excluding hydrogens is 392 g/mol. The fourth-order valence-electron chi connectivity index (χ4n) is 5.48. The zero-order valence-corrected chi connectivity index (χ0v) is 18.5. The van der Waals surface area contributed by atoms with Gasteiger partial charge in [0.25, 0.3) is 0 Å². The molecule has 0 saturated carbocycles. The van der Waals surface area contributed by atoms with Crippen LogP contribution in [0, 0.1) is 11.8 Å². The van der Waals surface area contributed by atoms with Gasteiger partial charge in [-0.25, -0.2) is 0 Å². The molecule has 1 N–H and O–H groups in total. The minimum atomic E-state index is 0.288. The zero-order valence-electron chi connectivity index (χ0n) is 18.5. The molecule has 0 bridgehead atoms. The van der Waals surface area contributed by atoms with Gasteiger partial charge in [-0.1, -0.05) is 79.7 Å². The van der Waals surface area contributed by atoms with E-state index in [1.54, 1.807) is 0 Å². The Morgan fingerprint density at radius 2 is 1.69 bits per heavy atom. The number of allylic oxidation sites excluding steroid dienone is 3. The van der Waals surface area contributed by atoms with Crippen LogP contribution in [0.4, 0.5) is 0 Å². The smallest absolute Gasteiger partial charge is 0.120 e. The summed E-state index contributed by atoms with van der Waals surface area (Å²) >= 11 is 0. The molecule has 0 amide bonds. The largest absolute Gasteiger partial charge is 0.508 e. The van der Waals surface area contributed by atoms with E-state index in [-0.39, 0.29) is 5.92 Å². The second-order valence-electron chi connectivity index (χ2n) is 9.10. The number of hydrogen-bond donors (Lipinski definition) is 1. The lowest BCUT2D eigenvalue weighted by Crippen LogP contribution is -2.29. The van der Waals surface area contributed by atoms with Crippen molar-refractivity contribution in [3.8, 4) is 5.75 Å². The molecule has 5 rings (SSSR count). The number of hydrogen-bond acceptors (Lipinski definition) is 2. The second kappa shape index (κ2) is 9.08. The molecule has 2 aliphatic carbocycles. The number of aryl methyl sites for hydroxylation is 1. The fourth-order valence-corrected chi connectivity index (χ4v) is 5.48. The number of rotatable bonds is 5. The first kappa shape index (κ1) is 20.6. The lowest BCUT2D eigenvalue weighted by Gasteiger charge is -2.41. The third-order valence-corrected chi connectivity index (χ3v) is 7.05. The molecule has 3 unspecified atom stereocenters. The molecule has 2 heteroatoms. The van der Waals surface area contributed by atoms with Crippen molar-refractivity contribution in [2.45, 2.75) is 38.2 Å². The molecule has 32 heavy (non-hydrogen) atoms. The van der Waals surface area contributed by atoms with Gasteiger partial charge < -0.3 is 9.84 Å². The van der Waals surface area contributed by atoms with E-state index in [9.17, 15) is 5.11 Å². The van der Waals surface area contributed by atoms with Crippen LogP contribution >= 0.6 is 0 Å². The highest BCUT2D eigenvalue weighted by molar-refractivity contribution is 5.44. The predicted octanol–water partition coefficient (Wildman–Crippen LogP) is 7.34. The van der Waals surface area contributed by atoms with Gasteiger partial charge in [-0.05, 0) is 83.1 Å². The summed E-state index contributed by atoms with van der Waals surface area (Å²) in [6.07, 6.45) is 8.27. The van der Waals surface area contributed by atoms with E-state index < -0.39 is 0 Å². The van der Waals surface area contributed by atoms with E-state index in [0.29, 0.717) is 30.1 Å². The SMILES string of the molecule is CC1C=C(O)C=CC1[C@@H]1c2ccc(OCc3ccccc3)cc2CCC1c1ccccc1. The highest BCUT2D eigenvalue weighted by atomic mass is 16.5. The Bertz CT molecular complexity index is 1110. The summed E-state index contributed by atoms with van der Waals surface area (Å²) in [6.45, 7) is 2.81. The summed E-state index contributed by atoms with van der Waals surface area (Å²) in [5, 5.41) is 10.0. The topological polar surface area (TPSA) is 29.5 Å². The van der Waals surface area contributed by atoms with Crippen molar-refractivity contribution in [1.82, 2.24) is 0 Å². The normalized spacial score (nSPS) is 24.5. The molecule has 4 atom stereocenters. The average Bonchev–Trinajstić information content (AvgIpc) is 2.83. The number of ether oxygens (including phenoxy) is 1.